The lowest BCUT2D eigenvalue weighted by Crippen LogP contribution is -2.54. The number of hydrogen-bond acceptors (Lipinski definition) is 5. The molecule has 0 amide bonds. The van der Waals surface area contributed by atoms with Crippen LogP contribution < -0.4 is 0 Å². The number of unbranched alkanes of at least 4 members (excludes halogenated alkanes) is 2. The van der Waals surface area contributed by atoms with Crippen molar-refractivity contribution in [1.29, 1.82) is 0 Å². The van der Waals surface area contributed by atoms with E-state index in [4.69, 9.17) is 4.74 Å². The molecular formula is C24H31NO4. The van der Waals surface area contributed by atoms with Gasteiger partial charge >= 0.3 is 5.97 Å². The summed E-state index contributed by atoms with van der Waals surface area (Å²) in [6.07, 6.45) is 2.45. The molecule has 0 aromatic heterocycles. The van der Waals surface area contributed by atoms with Crippen molar-refractivity contribution in [3.05, 3.63) is 71.8 Å². The van der Waals surface area contributed by atoms with Gasteiger partial charge in [0.2, 0.25) is 5.78 Å². The number of benzene rings is 2. The van der Waals surface area contributed by atoms with Crippen LogP contribution in [0.2, 0.25) is 0 Å². The molecule has 0 aliphatic carbocycles. The number of ketones is 1. The molecule has 2 rings (SSSR count). The number of hydrogen-bond donors (Lipinski definition) is 1. The van der Waals surface area contributed by atoms with Gasteiger partial charge in [0.15, 0.2) is 5.72 Å². The zero-order valence-corrected chi connectivity index (χ0v) is 17.3. The van der Waals surface area contributed by atoms with Crippen LogP contribution in [-0.4, -0.2) is 47.2 Å². The Balaban J connectivity index is 1.86. The molecule has 1 atom stereocenters. The summed E-state index contributed by atoms with van der Waals surface area (Å²) in [6, 6.07) is 17.8. The Hall–Kier alpha value is -2.50. The third-order valence-corrected chi connectivity index (χ3v) is 5.10. The van der Waals surface area contributed by atoms with E-state index in [1.54, 1.807) is 53.4 Å². The van der Waals surface area contributed by atoms with Gasteiger partial charge in [-0.15, -0.1) is 0 Å². The molecule has 0 saturated carbocycles. The Morgan fingerprint density at radius 1 is 0.862 bits per heavy atom. The molecule has 0 spiro atoms. The number of likely N-dealkylation sites (N-methyl/N-ethyl adjacent to an activating group) is 1. The van der Waals surface area contributed by atoms with E-state index in [1.807, 2.05) is 26.0 Å². The zero-order valence-electron chi connectivity index (χ0n) is 17.3. The smallest absolute Gasteiger partial charge is 0.338 e. The van der Waals surface area contributed by atoms with Crippen molar-refractivity contribution in [1.82, 2.24) is 4.90 Å². The molecule has 0 bridgehead atoms. The molecule has 2 aromatic rings. The second kappa shape index (κ2) is 11.5. The standard InChI is InChI=1S/C24H31NO4/c1-3-25(4-2)24(28,22(26)20-14-8-5-9-15-20)18-12-7-13-19-29-23(27)21-16-10-6-11-17-21/h5-6,8-11,14-17,28H,3-4,7,12-13,18-19H2,1-2H3. The first-order chi connectivity index (χ1) is 14.0. The summed E-state index contributed by atoms with van der Waals surface area (Å²) in [5.41, 5.74) is -0.471. The molecule has 5 nitrogen and oxygen atoms in total. The first-order valence-electron chi connectivity index (χ1n) is 10.3. The Labute approximate surface area is 173 Å². The monoisotopic (exact) mass is 397 g/mol. The number of rotatable bonds is 12. The molecular weight excluding hydrogens is 366 g/mol. The van der Waals surface area contributed by atoms with E-state index in [0.717, 1.165) is 6.42 Å². The van der Waals surface area contributed by atoms with E-state index in [-0.39, 0.29) is 11.8 Å². The van der Waals surface area contributed by atoms with Crippen molar-refractivity contribution in [2.24, 2.45) is 0 Å². The van der Waals surface area contributed by atoms with Crippen LogP contribution in [0.25, 0.3) is 0 Å². The second-order valence-electron chi connectivity index (χ2n) is 7.00. The highest BCUT2D eigenvalue weighted by Crippen LogP contribution is 2.25. The highest BCUT2D eigenvalue weighted by atomic mass is 16.5. The molecule has 29 heavy (non-hydrogen) atoms. The van der Waals surface area contributed by atoms with E-state index < -0.39 is 5.72 Å². The Morgan fingerprint density at radius 3 is 1.97 bits per heavy atom. The summed E-state index contributed by atoms with van der Waals surface area (Å²) in [5.74, 6) is -0.596. The Morgan fingerprint density at radius 2 is 1.41 bits per heavy atom. The fourth-order valence-corrected chi connectivity index (χ4v) is 3.46. The predicted molar refractivity (Wildman–Crippen MR) is 114 cm³/mol. The van der Waals surface area contributed by atoms with Crippen LogP contribution in [0.5, 0.6) is 0 Å². The van der Waals surface area contributed by atoms with Gasteiger partial charge < -0.3 is 9.84 Å². The van der Waals surface area contributed by atoms with Crippen molar-refractivity contribution in [2.45, 2.75) is 45.3 Å². The van der Waals surface area contributed by atoms with Crippen LogP contribution in [0.3, 0.4) is 0 Å². The minimum Gasteiger partial charge on any atom is -0.462 e. The molecule has 0 saturated heterocycles. The molecule has 156 valence electrons. The Kier molecular flexibility index (Phi) is 9.03. The van der Waals surface area contributed by atoms with Gasteiger partial charge in [0.1, 0.15) is 0 Å². The van der Waals surface area contributed by atoms with Crippen molar-refractivity contribution in [2.75, 3.05) is 19.7 Å². The number of ether oxygens (including phenoxy) is 1. The number of nitrogens with zero attached hydrogens (tertiary/aromatic N) is 1. The highest BCUT2D eigenvalue weighted by molar-refractivity contribution is 6.02. The maximum Gasteiger partial charge on any atom is 0.338 e. The summed E-state index contributed by atoms with van der Waals surface area (Å²) in [7, 11) is 0. The van der Waals surface area contributed by atoms with Crippen molar-refractivity contribution < 1.29 is 19.4 Å². The van der Waals surface area contributed by atoms with Crippen LogP contribution in [0, 0.1) is 0 Å². The van der Waals surface area contributed by atoms with Crippen LogP contribution in [0.1, 0.15) is 60.2 Å². The fraction of sp³-hybridized carbons (Fsp3) is 0.417. The van der Waals surface area contributed by atoms with Crippen LogP contribution in [0.4, 0.5) is 0 Å². The number of aliphatic hydroxyl groups is 1. The van der Waals surface area contributed by atoms with Crippen molar-refractivity contribution in [3.8, 4) is 0 Å². The maximum atomic E-state index is 13.0. The molecule has 0 aliphatic rings. The largest absolute Gasteiger partial charge is 0.462 e. The van der Waals surface area contributed by atoms with Gasteiger partial charge in [0, 0.05) is 5.56 Å². The lowest BCUT2D eigenvalue weighted by atomic mass is 9.93. The second-order valence-corrected chi connectivity index (χ2v) is 7.00. The van der Waals surface area contributed by atoms with E-state index in [2.05, 4.69) is 0 Å². The van der Waals surface area contributed by atoms with E-state index in [9.17, 15) is 14.7 Å². The van der Waals surface area contributed by atoms with E-state index >= 15 is 0 Å². The molecule has 1 N–H and O–H groups in total. The average molecular weight is 398 g/mol. The fourth-order valence-electron chi connectivity index (χ4n) is 3.46. The van der Waals surface area contributed by atoms with Gasteiger partial charge in [0.05, 0.1) is 12.2 Å². The predicted octanol–water partition coefficient (Wildman–Crippen LogP) is 4.32. The summed E-state index contributed by atoms with van der Waals surface area (Å²) in [4.78, 5) is 26.8. The van der Waals surface area contributed by atoms with Gasteiger partial charge in [0.25, 0.3) is 0 Å². The minimum absolute atomic E-state index is 0.266. The van der Waals surface area contributed by atoms with Gasteiger partial charge in [-0.1, -0.05) is 62.4 Å². The molecule has 0 aliphatic heterocycles. The summed E-state index contributed by atoms with van der Waals surface area (Å²) < 4.78 is 5.29. The molecule has 5 heteroatoms. The SMILES string of the molecule is CCN(CC)C(O)(CCCCCOC(=O)c1ccccc1)C(=O)c1ccccc1. The Bertz CT molecular complexity index is 759. The normalized spacial score (nSPS) is 13.1. The topological polar surface area (TPSA) is 66.8 Å². The molecule has 0 fully saturated rings. The van der Waals surface area contributed by atoms with Gasteiger partial charge in [-0.2, -0.15) is 0 Å². The highest BCUT2D eigenvalue weighted by Gasteiger charge is 2.40. The lowest BCUT2D eigenvalue weighted by molar-refractivity contribution is -0.0789. The first-order valence-corrected chi connectivity index (χ1v) is 10.3. The molecule has 0 heterocycles. The number of carbonyl (C=O) groups is 2. The third kappa shape index (κ3) is 6.24. The van der Waals surface area contributed by atoms with Crippen LogP contribution in [-0.2, 0) is 4.74 Å². The maximum absolute atomic E-state index is 13.0. The lowest BCUT2D eigenvalue weighted by Gasteiger charge is -2.37. The van der Waals surface area contributed by atoms with Crippen molar-refractivity contribution >= 4 is 11.8 Å². The zero-order chi connectivity index (χ0) is 21.1. The summed E-state index contributed by atoms with van der Waals surface area (Å²) in [5, 5.41) is 11.3. The van der Waals surface area contributed by atoms with E-state index in [1.165, 1.54) is 0 Å². The number of carbonyl (C=O) groups excluding carboxylic acids is 2. The summed E-state index contributed by atoms with van der Waals surface area (Å²) in [6.45, 7) is 5.37. The van der Waals surface area contributed by atoms with Crippen LogP contribution in [0.15, 0.2) is 60.7 Å². The summed E-state index contributed by atoms with van der Waals surface area (Å²) >= 11 is 0. The number of Topliss-reactive ketones (excluding diaryl/α,β-unsaturated/α-hetero) is 1. The van der Waals surface area contributed by atoms with Gasteiger partial charge in [-0.3, -0.25) is 9.69 Å². The average Bonchev–Trinajstić information content (AvgIpc) is 2.77. The van der Waals surface area contributed by atoms with Gasteiger partial charge in [-0.05, 0) is 50.9 Å². The third-order valence-electron chi connectivity index (χ3n) is 5.10. The first kappa shape index (κ1) is 22.8. The van der Waals surface area contributed by atoms with E-state index in [0.29, 0.717) is 50.1 Å². The molecule has 1 unspecified atom stereocenters. The van der Waals surface area contributed by atoms with Crippen molar-refractivity contribution in [3.63, 3.8) is 0 Å². The quantitative estimate of drug-likeness (QED) is 0.250. The molecule has 2 aromatic carbocycles. The molecule has 0 radical (unpaired) electrons. The number of esters is 1. The minimum atomic E-state index is -1.52. The van der Waals surface area contributed by atoms with Crippen LogP contribution >= 0.6 is 0 Å². The van der Waals surface area contributed by atoms with Gasteiger partial charge in [-0.25, -0.2) is 4.79 Å².